The second kappa shape index (κ2) is 9.61. The third-order valence-electron chi connectivity index (χ3n) is 5.57. The maximum Gasteiger partial charge on any atom is 0.200 e. The Kier molecular flexibility index (Phi) is 6.41. The molecule has 0 saturated carbocycles. The zero-order valence-electron chi connectivity index (χ0n) is 17.9. The van der Waals surface area contributed by atoms with Crippen molar-refractivity contribution in [3.8, 4) is 17.3 Å². The van der Waals surface area contributed by atoms with E-state index in [4.69, 9.17) is 42.8 Å². The van der Waals surface area contributed by atoms with Gasteiger partial charge in [-0.1, -0.05) is 41.4 Å². The highest BCUT2D eigenvalue weighted by atomic mass is 35.5. The molecule has 170 valence electrons. The van der Waals surface area contributed by atoms with Crippen LogP contribution < -0.4 is 0 Å². The summed E-state index contributed by atoms with van der Waals surface area (Å²) in [5, 5.41) is 10.5. The first-order valence-electron chi connectivity index (χ1n) is 10.6. The molecule has 1 aliphatic heterocycles. The average molecular weight is 485 g/mol. The highest BCUT2D eigenvalue weighted by Gasteiger charge is 2.36. The number of benzene rings is 1. The number of aromatic nitrogens is 6. The van der Waals surface area contributed by atoms with E-state index >= 15 is 0 Å². The van der Waals surface area contributed by atoms with Crippen LogP contribution >= 0.6 is 23.2 Å². The molecule has 5 rings (SSSR count). The molecule has 1 aliphatic rings. The lowest BCUT2D eigenvalue weighted by molar-refractivity contribution is 0.103. The van der Waals surface area contributed by atoms with Crippen molar-refractivity contribution in [2.75, 3.05) is 20.3 Å². The Labute approximate surface area is 201 Å². The normalized spacial score (nSPS) is 18.2. The van der Waals surface area contributed by atoms with E-state index in [-0.39, 0.29) is 12.0 Å². The molecule has 8 nitrogen and oxygen atoms in total. The molecule has 0 spiro atoms. The Balaban J connectivity index is 1.57. The maximum atomic E-state index is 6.13. The van der Waals surface area contributed by atoms with Crippen LogP contribution in [0.1, 0.15) is 29.8 Å². The Hall–Kier alpha value is -2.78. The highest BCUT2D eigenvalue weighted by Crippen LogP contribution is 2.42. The molecule has 4 aromatic rings. The number of ether oxygens (including phenoxy) is 2. The molecule has 3 aromatic heterocycles. The molecular weight excluding hydrogens is 463 g/mol. The van der Waals surface area contributed by atoms with Crippen molar-refractivity contribution in [3.63, 3.8) is 0 Å². The topological polar surface area (TPSA) is 79.9 Å². The summed E-state index contributed by atoms with van der Waals surface area (Å²) in [7, 11) is 1.67. The van der Waals surface area contributed by atoms with Gasteiger partial charge in [-0.2, -0.15) is 9.78 Å². The van der Waals surface area contributed by atoms with E-state index in [0.717, 1.165) is 17.8 Å². The molecule has 33 heavy (non-hydrogen) atoms. The number of hydrogen-bond acceptors (Lipinski definition) is 6. The lowest BCUT2D eigenvalue weighted by atomic mass is 9.94. The van der Waals surface area contributed by atoms with Crippen LogP contribution in [0, 0.1) is 0 Å². The van der Waals surface area contributed by atoms with Crippen molar-refractivity contribution in [3.05, 3.63) is 76.3 Å². The Morgan fingerprint density at radius 1 is 1.06 bits per heavy atom. The largest absolute Gasteiger partial charge is 0.383 e. The van der Waals surface area contributed by atoms with Crippen molar-refractivity contribution >= 4 is 23.2 Å². The van der Waals surface area contributed by atoms with Gasteiger partial charge in [-0.15, -0.1) is 5.10 Å². The number of methoxy groups -OCH3 is 1. The van der Waals surface area contributed by atoms with Crippen LogP contribution in [0.25, 0.3) is 17.3 Å². The minimum atomic E-state index is -0.166. The summed E-state index contributed by atoms with van der Waals surface area (Å²) >= 11 is 12.2. The Morgan fingerprint density at radius 2 is 1.91 bits per heavy atom. The molecule has 4 heterocycles. The van der Waals surface area contributed by atoms with Gasteiger partial charge in [0.1, 0.15) is 16.7 Å². The second-order valence-electron chi connectivity index (χ2n) is 7.72. The Morgan fingerprint density at radius 3 is 2.70 bits per heavy atom. The van der Waals surface area contributed by atoms with E-state index in [9.17, 15) is 0 Å². The molecule has 1 saturated heterocycles. The molecule has 0 amide bonds. The van der Waals surface area contributed by atoms with Gasteiger partial charge in [-0.3, -0.25) is 4.68 Å². The lowest BCUT2D eigenvalue weighted by Gasteiger charge is -2.18. The molecule has 0 unspecified atom stereocenters. The zero-order valence-corrected chi connectivity index (χ0v) is 19.4. The smallest absolute Gasteiger partial charge is 0.200 e. The third kappa shape index (κ3) is 4.65. The number of halogens is 2. The van der Waals surface area contributed by atoms with Gasteiger partial charge in [-0.05, 0) is 36.2 Å². The monoisotopic (exact) mass is 484 g/mol. The van der Waals surface area contributed by atoms with Crippen molar-refractivity contribution in [2.45, 2.75) is 25.0 Å². The molecule has 0 radical (unpaired) electrons. The number of hydrogen-bond donors (Lipinski definition) is 0. The molecule has 1 fully saturated rings. The molecule has 0 N–H and O–H groups in total. The SMILES string of the molecule is COCCn1ccc(-n2nc(-c3cccc(Cl)n3)nc2[C@@H]2CCO[C@H]2c2ccc(Cl)cc2)n1. The van der Waals surface area contributed by atoms with Crippen molar-refractivity contribution in [1.82, 2.24) is 29.5 Å². The first-order valence-corrected chi connectivity index (χ1v) is 11.4. The standard InChI is InChI=1S/C23H22Cl2N6O2/c1-32-14-12-30-11-9-20(28-30)31-23(27-22(29-31)18-3-2-4-19(25)26-18)17-10-13-33-21(17)15-5-7-16(24)8-6-15/h2-9,11,17,21H,10,12-14H2,1H3/t17-,21+/m1/s1. The van der Waals surface area contributed by atoms with Gasteiger partial charge in [0.15, 0.2) is 5.82 Å². The molecular formula is C23H22Cl2N6O2. The van der Waals surface area contributed by atoms with E-state index in [2.05, 4.69) is 10.1 Å². The van der Waals surface area contributed by atoms with Crippen molar-refractivity contribution < 1.29 is 9.47 Å². The van der Waals surface area contributed by atoms with Gasteiger partial charge in [0.2, 0.25) is 5.82 Å². The van der Waals surface area contributed by atoms with Crippen LogP contribution in [0.15, 0.2) is 54.7 Å². The predicted octanol–water partition coefficient (Wildman–Crippen LogP) is 4.72. The quantitative estimate of drug-likeness (QED) is 0.353. The summed E-state index contributed by atoms with van der Waals surface area (Å²) in [5.74, 6) is 1.90. The van der Waals surface area contributed by atoms with Gasteiger partial charge in [0.05, 0.1) is 25.2 Å². The highest BCUT2D eigenvalue weighted by molar-refractivity contribution is 6.30. The van der Waals surface area contributed by atoms with Gasteiger partial charge < -0.3 is 9.47 Å². The lowest BCUT2D eigenvalue weighted by Crippen LogP contribution is -2.14. The first kappa shape index (κ1) is 22.0. The second-order valence-corrected chi connectivity index (χ2v) is 8.54. The minimum absolute atomic E-state index is 0.0178. The van der Waals surface area contributed by atoms with Crippen LogP contribution in [-0.2, 0) is 16.0 Å². The van der Waals surface area contributed by atoms with E-state index in [1.807, 2.05) is 53.3 Å². The van der Waals surface area contributed by atoms with Crippen LogP contribution in [0.5, 0.6) is 0 Å². The van der Waals surface area contributed by atoms with Crippen LogP contribution in [0.2, 0.25) is 10.2 Å². The van der Waals surface area contributed by atoms with E-state index in [0.29, 0.717) is 47.3 Å². The summed E-state index contributed by atoms with van der Waals surface area (Å²) in [5.41, 5.74) is 1.65. The van der Waals surface area contributed by atoms with Crippen molar-refractivity contribution in [2.24, 2.45) is 0 Å². The fourth-order valence-corrected chi connectivity index (χ4v) is 4.27. The minimum Gasteiger partial charge on any atom is -0.383 e. The molecule has 0 bridgehead atoms. The van der Waals surface area contributed by atoms with Gasteiger partial charge >= 0.3 is 0 Å². The molecule has 10 heteroatoms. The maximum absolute atomic E-state index is 6.13. The van der Waals surface area contributed by atoms with Gasteiger partial charge in [0.25, 0.3) is 0 Å². The van der Waals surface area contributed by atoms with E-state index in [1.165, 1.54) is 0 Å². The summed E-state index contributed by atoms with van der Waals surface area (Å²) < 4.78 is 14.9. The summed E-state index contributed by atoms with van der Waals surface area (Å²) in [4.78, 5) is 9.29. The number of nitrogens with zero attached hydrogens (tertiary/aromatic N) is 6. The zero-order chi connectivity index (χ0) is 22.8. The van der Waals surface area contributed by atoms with Gasteiger partial charge in [-0.25, -0.2) is 9.97 Å². The molecule has 1 aromatic carbocycles. The van der Waals surface area contributed by atoms with E-state index < -0.39 is 0 Å². The molecule has 0 aliphatic carbocycles. The molecule has 2 atom stereocenters. The number of rotatable bonds is 7. The fourth-order valence-electron chi connectivity index (χ4n) is 3.98. The number of pyridine rings is 1. The van der Waals surface area contributed by atoms with Crippen LogP contribution in [-0.4, -0.2) is 49.9 Å². The van der Waals surface area contributed by atoms with E-state index in [1.54, 1.807) is 17.9 Å². The van der Waals surface area contributed by atoms with Crippen molar-refractivity contribution in [1.29, 1.82) is 0 Å². The summed E-state index contributed by atoms with van der Waals surface area (Å²) in [6, 6.07) is 15.0. The average Bonchev–Trinajstić information content (AvgIpc) is 3.57. The Bertz CT molecular complexity index is 1240. The third-order valence-corrected chi connectivity index (χ3v) is 6.03. The first-order chi connectivity index (χ1) is 16.1. The summed E-state index contributed by atoms with van der Waals surface area (Å²) in [6.45, 7) is 1.83. The fraction of sp³-hybridized carbons (Fsp3) is 0.304. The summed E-state index contributed by atoms with van der Waals surface area (Å²) in [6.07, 6.45) is 2.54. The predicted molar refractivity (Wildman–Crippen MR) is 125 cm³/mol. The van der Waals surface area contributed by atoms with Gasteiger partial charge in [0, 0.05) is 31.0 Å². The van der Waals surface area contributed by atoms with Crippen LogP contribution in [0.4, 0.5) is 0 Å². The van der Waals surface area contributed by atoms with Crippen LogP contribution in [0.3, 0.4) is 0 Å².